The van der Waals surface area contributed by atoms with Crippen LogP contribution >= 0.6 is 11.3 Å². The smallest absolute Gasteiger partial charge is 0.341 e. The lowest BCUT2D eigenvalue weighted by Gasteiger charge is -2.33. The van der Waals surface area contributed by atoms with Crippen LogP contribution in [-0.4, -0.2) is 61.5 Å². The van der Waals surface area contributed by atoms with Crippen molar-refractivity contribution in [1.29, 1.82) is 0 Å². The van der Waals surface area contributed by atoms with E-state index < -0.39 is 5.97 Å². The van der Waals surface area contributed by atoms with Crippen molar-refractivity contribution in [2.24, 2.45) is 0 Å². The summed E-state index contributed by atoms with van der Waals surface area (Å²) in [6.45, 7) is 8.44. The Hall–Kier alpha value is -2.94. The van der Waals surface area contributed by atoms with Crippen LogP contribution in [0.1, 0.15) is 27.2 Å². The van der Waals surface area contributed by atoms with Gasteiger partial charge in [-0.15, -0.1) is 11.3 Å². The molecule has 8 heteroatoms. The number of ether oxygens (including phenoxy) is 1. The van der Waals surface area contributed by atoms with E-state index >= 15 is 0 Å². The number of anilines is 1. The Morgan fingerprint density at radius 3 is 2.55 bits per heavy atom. The summed E-state index contributed by atoms with van der Waals surface area (Å²) in [6.07, 6.45) is 1.69. The molecule has 0 bridgehead atoms. The highest BCUT2D eigenvalue weighted by atomic mass is 32.1. The molecule has 2 aromatic heterocycles. The van der Waals surface area contributed by atoms with Gasteiger partial charge in [0.2, 0.25) is 5.91 Å². The Morgan fingerprint density at radius 1 is 1.09 bits per heavy atom. The predicted octanol–water partition coefficient (Wildman–Crippen LogP) is 4.17. The molecule has 0 aliphatic carbocycles. The summed E-state index contributed by atoms with van der Waals surface area (Å²) in [7, 11) is 1.36. The van der Waals surface area contributed by atoms with Crippen LogP contribution in [0.2, 0.25) is 0 Å². The lowest BCUT2D eigenvalue weighted by atomic mass is 9.97. The molecule has 1 aliphatic heterocycles. The molecule has 3 aromatic rings. The number of hydrogen-bond acceptors (Lipinski definition) is 7. The van der Waals surface area contributed by atoms with Crippen LogP contribution in [0.5, 0.6) is 0 Å². The maximum absolute atomic E-state index is 12.8. The second-order valence-corrected chi connectivity index (χ2v) is 9.22. The van der Waals surface area contributed by atoms with Crippen molar-refractivity contribution in [3.63, 3.8) is 0 Å². The summed E-state index contributed by atoms with van der Waals surface area (Å²) in [5.41, 5.74) is 4.34. The number of thiophene rings is 1. The van der Waals surface area contributed by atoms with Crippen molar-refractivity contribution in [1.82, 2.24) is 9.80 Å². The van der Waals surface area contributed by atoms with Crippen LogP contribution in [0.25, 0.3) is 11.1 Å². The monoisotopic (exact) mass is 467 g/mol. The van der Waals surface area contributed by atoms with Crippen molar-refractivity contribution >= 4 is 28.2 Å². The third-order valence-corrected chi connectivity index (χ3v) is 6.80. The molecule has 3 heterocycles. The van der Waals surface area contributed by atoms with E-state index in [1.54, 1.807) is 6.26 Å². The number of benzene rings is 1. The van der Waals surface area contributed by atoms with E-state index in [-0.39, 0.29) is 12.5 Å². The van der Waals surface area contributed by atoms with Gasteiger partial charge in [-0.05, 0) is 37.1 Å². The highest BCUT2D eigenvalue weighted by Gasteiger charge is 2.25. The largest absolute Gasteiger partial charge is 0.468 e. The average Bonchev–Trinajstić information content (AvgIpc) is 3.46. The van der Waals surface area contributed by atoms with Gasteiger partial charge in [0, 0.05) is 37.1 Å². The molecule has 33 heavy (non-hydrogen) atoms. The summed E-state index contributed by atoms with van der Waals surface area (Å²) in [4.78, 5) is 29.9. The van der Waals surface area contributed by atoms with Crippen molar-refractivity contribution in [3.05, 3.63) is 64.4 Å². The molecule has 1 aromatic carbocycles. The number of rotatable bonds is 7. The Kier molecular flexibility index (Phi) is 7.27. The average molecular weight is 468 g/mol. The number of aryl methyl sites for hydroxylation is 2. The molecule has 0 saturated carbocycles. The summed E-state index contributed by atoms with van der Waals surface area (Å²) >= 11 is 1.35. The third kappa shape index (κ3) is 5.52. The van der Waals surface area contributed by atoms with E-state index in [0.717, 1.165) is 60.7 Å². The molecule has 1 fully saturated rings. The summed E-state index contributed by atoms with van der Waals surface area (Å²) in [6, 6.07) is 10.0. The number of furan rings is 1. The van der Waals surface area contributed by atoms with Gasteiger partial charge in [-0.1, -0.05) is 23.8 Å². The minimum atomic E-state index is -0.450. The number of piperazine rings is 1. The molecule has 0 unspecified atom stereocenters. The van der Waals surface area contributed by atoms with Gasteiger partial charge in [0.25, 0.3) is 0 Å². The number of amides is 1. The van der Waals surface area contributed by atoms with Crippen molar-refractivity contribution in [2.75, 3.05) is 45.2 Å². The number of nitrogens with zero attached hydrogens (tertiary/aromatic N) is 2. The van der Waals surface area contributed by atoms with E-state index in [2.05, 4.69) is 21.2 Å². The van der Waals surface area contributed by atoms with Crippen LogP contribution in [0.15, 0.2) is 46.4 Å². The van der Waals surface area contributed by atoms with Gasteiger partial charge in [-0.3, -0.25) is 14.6 Å². The summed E-state index contributed by atoms with van der Waals surface area (Å²) < 4.78 is 10.5. The number of carbonyl (C=O) groups excluding carboxylic acids is 2. The number of methoxy groups -OCH3 is 1. The number of carbonyl (C=O) groups is 2. The lowest BCUT2D eigenvalue weighted by molar-refractivity contribution is -0.117. The zero-order valence-electron chi connectivity index (χ0n) is 19.2. The molecule has 4 rings (SSSR count). The van der Waals surface area contributed by atoms with E-state index in [0.29, 0.717) is 10.6 Å². The van der Waals surface area contributed by atoms with Crippen molar-refractivity contribution in [3.8, 4) is 11.1 Å². The van der Waals surface area contributed by atoms with Crippen LogP contribution in [0, 0.1) is 13.8 Å². The highest BCUT2D eigenvalue weighted by molar-refractivity contribution is 7.15. The van der Waals surface area contributed by atoms with Crippen molar-refractivity contribution in [2.45, 2.75) is 20.4 Å². The first kappa shape index (κ1) is 23.2. The molecule has 174 valence electrons. The van der Waals surface area contributed by atoms with Gasteiger partial charge < -0.3 is 14.5 Å². The normalized spacial score (nSPS) is 14.9. The Bertz CT molecular complexity index is 1110. The fraction of sp³-hybridized carbons (Fsp3) is 0.360. The lowest BCUT2D eigenvalue weighted by Crippen LogP contribution is -2.48. The first-order chi connectivity index (χ1) is 15.9. The first-order valence-electron chi connectivity index (χ1n) is 11.0. The third-order valence-electron chi connectivity index (χ3n) is 5.91. The summed E-state index contributed by atoms with van der Waals surface area (Å²) in [5, 5.41) is 5.39. The molecule has 0 atom stereocenters. The molecule has 1 saturated heterocycles. The van der Waals surface area contributed by atoms with E-state index in [1.165, 1.54) is 18.4 Å². The van der Waals surface area contributed by atoms with Crippen LogP contribution in [0.4, 0.5) is 5.00 Å². The SMILES string of the molecule is COC(=O)c1c(-c2cc(C)ccc2C)csc1NC(=O)CN1CCN(Cc2ccco2)CC1. The van der Waals surface area contributed by atoms with Crippen LogP contribution < -0.4 is 5.32 Å². The molecule has 1 N–H and O–H groups in total. The number of nitrogens with one attached hydrogen (secondary N) is 1. The Labute approximate surface area is 197 Å². The number of hydrogen-bond donors (Lipinski definition) is 1. The van der Waals surface area contributed by atoms with Gasteiger partial charge in [-0.2, -0.15) is 0 Å². The van der Waals surface area contributed by atoms with Crippen LogP contribution in [-0.2, 0) is 16.1 Å². The second kappa shape index (κ2) is 10.3. The number of esters is 1. The zero-order chi connectivity index (χ0) is 23.4. The maximum atomic E-state index is 12.8. The minimum Gasteiger partial charge on any atom is -0.468 e. The molecular weight excluding hydrogens is 438 g/mol. The van der Waals surface area contributed by atoms with Gasteiger partial charge in [0.1, 0.15) is 16.3 Å². The summed E-state index contributed by atoms with van der Waals surface area (Å²) in [5.74, 6) is 0.372. The quantitative estimate of drug-likeness (QED) is 0.526. The fourth-order valence-electron chi connectivity index (χ4n) is 4.08. The topological polar surface area (TPSA) is 75.0 Å². The maximum Gasteiger partial charge on any atom is 0.341 e. The van der Waals surface area contributed by atoms with Gasteiger partial charge in [0.15, 0.2) is 0 Å². The van der Waals surface area contributed by atoms with E-state index in [4.69, 9.17) is 9.15 Å². The molecule has 1 aliphatic rings. The Balaban J connectivity index is 1.41. The molecular formula is C25H29N3O4S. The predicted molar refractivity (Wildman–Crippen MR) is 130 cm³/mol. The standard InChI is InChI=1S/C25H29N3O4S/c1-17-6-7-18(2)20(13-17)21-16-33-24(23(21)25(30)31-3)26-22(29)15-28-10-8-27(9-11-28)14-19-5-4-12-32-19/h4-7,12-13,16H,8-11,14-15H2,1-3H3,(H,26,29). The fourth-order valence-corrected chi connectivity index (χ4v) is 5.04. The van der Waals surface area contributed by atoms with Crippen LogP contribution in [0.3, 0.4) is 0 Å². The molecule has 0 radical (unpaired) electrons. The van der Waals surface area contributed by atoms with E-state index in [1.807, 2.05) is 43.5 Å². The molecule has 1 amide bonds. The highest BCUT2D eigenvalue weighted by Crippen LogP contribution is 2.38. The first-order valence-corrected chi connectivity index (χ1v) is 11.9. The van der Waals surface area contributed by atoms with E-state index in [9.17, 15) is 9.59 Å². The zero-order valence-corrected chi connectivity index (χ0v) is 20.0. The minimum absolute atomic E-state index is 0.131. The second-order valence-electron chi connectivity index (χ2n) is 8.34. The van der Waals surface area contributed by atoms with Gasteiger partial charge in [0.05, 0.1) is 26.5 Å². The van der Waals surface area contributed by atoms with Crippen molar-refractivity contribution < 1.29 is 18.7 Å². The Morgan fingerprint density at radius 2 is 1.85 bits per heavy atom. The molecule has 7 nitrogen and oxygen atoms in total. The molecule has 0 spiro atoms. The van der Waals surface area contributed by atoms with Gasteiger partial charge >= 0.3 is 5.97 Å². The van der Waals surface area contributed by atoms with Gasteiger partial charge in [-0.25, -0.2) is 4.79 Å².